The number of thiophene rings is 1. The molecule has 0 atom stereocenters. The Bertz CT molecular complexity index is 1180. The van der Waals surface area contributed by atoms with E-state index in [9.17, 15) is 9.59 Å². The number of benzene rings is 1. The minimum atomic E-state index is -0.366. The van der Waals surface area contributed by atoms with Crippen LogP contribution in [0.4, 0.5) is 5.00 Å². The lowest BCUT2D eigenvalue weighted by molar-refractivity contribution is -0.113. The fourth-order valence-corrected chi connectivity index (χ4v) is 5.87. The van der Waals surface area contributed by atoms with E-state index in [1.165, 1.54) is 28.0 Å². The van der Waals surface area contributed by atoms with Gasteiger partial charge in [-0.1, -0.05) is 11.8 Å². The van der Waals surface area contributed by atoms with Crippen molar-refractivity contribution in [3.8, 4) is 17.1 Å². The van der Waals surface area contributed by atoms with Crippen molar-refractivity contribution in [3.05, 3.63) is 40.3 Å². The molecule has 3 aromatic rings. The van der Waals surface area contributed by atoms with Crippen LogP contribution in [0.3, 0.4) is 0 Å². The van der Waals surface area contributed by atoms with Crippen molar-refractivity contribution in [3.63, 3.8) is 0 Å². The predicted molar refractivity (Wildman–Crippen MR) is 134 cm³/mol. The van der Waals surface area contributed by atoms with Crippen LogP contribution in [0.5, 0.6) is 5.75 Å². The van der Waals surface area contributed by atoms with Crippen LogP contribution in [0.1, 0.15) is 47.5 Å². The summed E-state index contributed by atoms with van der Waals surface area (Å²) in [6, 6.07) is 7.57. The van der Waals surface area contributed by atoms with Gasteiger partial charge in [0.05, 0.1) is 24.5 Å². The maximum Gasteiger partial charge on any atom is 0.341 e. The van der Waals surface area contributed by atoms with Crippen LogP contribution in [0.15, 0.2) is 29.4 Å². The molecule has 0 radical (unpaired) electrons. The average molecular weight is 501 g/mol. The molecule has 0 saturated carbocycles. The van der Waals surface area contributed by atoms with Gasteiger partial charge >= 0.3 is 5.97 Å². The molecule has 180 valence electrons. The van der Waals surface area contributed by atoms with E-state index in [-0.39, 0.29) is 23.7 Å². The van der Waals surface area contributed by atoms with Gasteiger partial charge in [-0.25, -0.2) is 4.79 Å². The van der Waals surface area contributed by atoms with Gasteiger partial charge in [0.25, 0.3) is 0 Å². The summed E-state index contributed by atoms with van der Waals surface area (Å²) in [7, 11) is 3.49. The Hall–Kier alpha value is -2.85. The van der Waals surface area contributed by atoms with Crippen LogP contribution in [0, 0.1) is 0 Å². The smallest absolute Gasteiger partial charge is 0.341 e. The van der Waals surface area contributed by atoms with Crippen LogP contribution >= 0.6 is 23.1 Å². The van der Waals surface area contributed by atoms with Crippen molar-refractivity contribution in [2.24, 2.45) is 7.05 Å². The highest BCUT2D eigenvalue weighted by Gasteiger charge is 2.28. The summed E-state index contributed by atoms with van der Waals surface area (Å²) in [4.78, 5) is 26.8. The number of aromatic nitrogens is 3. The number of carbonyl (C=O) groups excluding carboxylic acids is 2. The van der Waals surface area contributed by atoms with Crippen LogP contribution < -0.4 is 10.1 Å². The van der Waals surface area contributed by atoms with Crippen molar-refractivity contribution in [1.29, 1.82) is 0 Å². The number of nitrogens with one attached hydrogen (secondary N) is 1. The molecule has 34 heavy (non-hydrogen) atoms. The van der Waals surface area contributed by atoms with Gasteiger partial charge in [-0.15, -0.1) is 21.5 Å². The number of aryl methyl sites for hydroxylation is 1. The Labute approximate surface area is 207 Å². The number of rotatable bonds is 8. The second-order valence-corrected chi connectivity index (χ2v) is 10.3. The highest BCUT2D eigenvalue weighted by atomic mass is 32.2. The van der Waals surface area contributed by atoms with Gasteiger partial charge in [-0.05, 0) is 69.4 Å². The minimum absolute atomic E-state index is 0.149. The van der Waals surface area contributed by atoms with E-state index in [0.29, 0.717) is 21.5 Å². The molecule has 10 heteroatoms. The number of esters is 1. The fraction of sp³-hybridized carbons (Fsp3) is 0.417. The zero-order valence-corrected chi connectivity index (χ0v) is 21.3. The normalized spacial score (nSPS) is 13.0. The van der Waals surface area contributed by atoms with E-state index in [2.05, 4.69) is 15.5 Å². The molecule has 1 aromatic carbocycles. The lowest BCUT2D eigenvalue weighted by Crippen LogP contribution is -2.19. The second kappa shape index (κ2) is 10.6. The van der Waals surface area contributed by atoms with Crippen LogP contribution in [0.2, 0.25) is 0 Å². The molecular formula is C24H28N4O4S2. The molecule has 0 unspecified atom stereocenters. The topological polar surface area (TPSA) is 95.3 Å². The SMILES string of the molecule is COc1ccc(-c2nnc(SCC(=O)Nc3sc4c(c3C(=O)OC(C)C)CCCC4)n2C)cc1. The molecule has 0 saturated heterocycles. The molecule has 4 rings (SSSR count). The Morgan fingerprint density at radius 3 is 2.62 bits per heavy atom. The summed E-state index contributed by atoms with van der Waals surface area (Å²) in [5.41, 5.74) is 2.46. The molecule has 0 spiro atoms. The van der Waals surface area contributed by atoms with Gasteiger partial charge in [0.2, 0.25) is 5.91 Å². The van der Waals surface area contributed by atoms with Gasteiger partial charge < -0.3 is 19.4 Å². The van der Waals surface area contributed by atoms with E-state index in [4.69, 9.17) is 9.47 Å². The summed E-state index contributed by atoms with van der Waals surface area (Å²) >= 11 is 2.79. The summed E-state index contributed by atoms with van der Waals surface area (Å²) in [5, 5.41) is 12.7. The molecule has 0 bridgehead atoms. The van der Waals surface area contributed by atoms with Crippen molar-refractivity contribution in [2.45, 2.75) is 50.8 Å². The Kier molecular flexibility index (Phi) is 7.57. The maximum atomic E-state index is 12.8. The van der Waals surface area contributed by atoms with Crippen molar-refractivity contribution < 1.29 is 19.1 Å². The zero-order chi connectivity index (χ0) is 24.2. The highest BCUT2D eigenvalue weighted by molar-refractivity contribution is 7.99. The van der Waals surface area contributed by atoms with Crippen molar-refractivity contribution in [2.75, 3.05) is 18.2 Å². The first-order chi connectivity index (χ1) is 16.4. The second-order valence-electron chi connectivity index (χ2n) is 8.30. The average Bonchev–Trinajstić information content (AvgIpc) is 3.37. The molecule has 1 N–H and O–H groups in total. The molecule has 1 aliphatic carbocycles. The van der Waals surface area contributed by atoms with E-state index >= 15 is 0 Å². The number of thioether (sulfide) groups is 1. The van der Waals surface area contributed by atoms with Gasteiger partial charge in [-0.3, -0.25) is 4.79 Å². The number of fused-ring (bicyclic) bond motifs is 1. The van der Waals surface area contributed by atoms with E-state index in [0.717, 1.165) is 42.6 Å². The first-order valence-corrected chi connectivity index (χ1v) is 13.0. The van der Waals surface area contributed by atoms with Gasteiger partial charge in [0, 0.05) is 17.5 Å². The van der Waals surface area contributed by atoms with Crippen LogP contribution in [0.25, 0.3) is 11.4 Å². The number of nitrogens with zero attached hydrogens (tertiary/aromatic N) is 3. The third-order valence-electron chi connectivity index (χ3n) is 5.49. The number of carbonyl (C=O) groups is 2. The van der Waals surface area contributed by atoms with E-state index in [1.54, 1.807) is 7.11 Å². The molecular weight excluding hydrogens is 472 g/mol. The summed E-state index contributed by atoms with van der Waals surface area (Å²) in [6.45, 7) is 3.65. The first-order valence-electron chi connectivity index (χ1n) is 11.2. The number of anilines is 1. The standard InChI is InChI=1S/C24H28N4O4S2/c1-14(2)32-23(30)20-17-7-5-6-8-18(17)34-22(20)25-19(29)13-33-24-27-26-21(28(24)3)15-9-11-16(31-4)12-10-15/h9-12,14H,5-8,13H2,1-4H3,(H,25,29). The number of hydrogen-bond acceptors (Lipinski definition) is 8. The molecule has 2 aromatic heterocycles. The maximum absolute atomic E-state index is 12.8. The molecule has 0 aliphatic heterocycles. The van der Waals surface area contributed by atoms with Crippen LogP contribution in [-0.4, -0.2) is 45.6 Å². The van der Waals surface area contributed by atoms with Crippen molar-refractivity contribution >= 4 is 40.0 Å². The highest BCUT2D eigenvalue weighted by Crippen LogP contribution is 2.39. The largest absolute Gasteiger partial charge is 0.497 e. The molecule has 1 aliphatic rings. The Balaban J connectivity index is 1.45. The third kappa shape index (κ3) is 5.28. The molecule has 8 nitrogen and oxygen atoms in total. The summed E-state index contributed by atoms with van der Waals surface area (Å²) < 4.78 is 12.5. The van der Waals surface area contributed by atoms with Gasteiger partial charge in [0.1, 0.15) is 10.8 Å². The monoisotopic (exact) mass is 500 g/mol. The molecule has 0 fully saturated rings. The fourth-order valence-electron chi connectivity index (χ4n) is 3.87. The third-order valence-corrected chi connectivity index (χ3v) is 7.71. The number of hydrogen-bond donors (Lipinski definition) is 1. The van der Waals surface area contributed by atoms with Gasteiger partial charge in [0.15, 0.2) is 11.0 Å². The Morgan fingerprint density at radius 1 is 1.18 bits per heavy atom. The zero-order valence-electron chi connectivity index (χ0n) is 19.7. The predicted octanol–water partition coefficient (Wildman–Crippen LogP) is 4.73. The van der Waals surface area contributed by atoms with Crippen LogP contribution in [-0.2, 0) is 29.4 Å². The number of ether oxygens (including phenoxy) is 2. The molecule has 1 amide bonds. The van der Waals surface area contributed by atoms with Crippen molar-refractivity contribution in [1.82, 2.24) is 14.8 Å². The lowest BCUT2D eigenvalue weighted by Gasteiger charge is -2.14. The first kappa shape index (κ1) is 24.3. The van der Waals surface area contributed by atoms with Gasteiger partial charge in [-0.2, -0.15) is 0 Å². The Morgan fingerprint density at radius 2 is 1.91 bits per heavy atom. The number of methoxy groups -OCH3 is 1. The summed E-state index contributed by atoms with van der Waals surface area (Å²) in [5.74, 6) is 1.06. The number of amides is 1. The van der Waals surface area contributed by atoms with E-state index in [1.807, 2.05) is 49.7 Å². The van der Waals surface area contributed by atoms with E-state index < -0.39 is 0 Å². The minimum Gasteiger partial charge on any atom is -0.497 e. The quantitative estimate of drug-likeness (QED) is 0.353. The summed E-state index contributed by atoms with van der Waals surface area (Å²) in [6.07, 6.45) is 3.68. The lowest BCUT2D eigenvalue weighted by atomic mass is 9.95. The molecule has 2 heterocycles.